The second-order valence-electron chi connectivity index (χ2n) is 9.05. The van der Waals surface area contributed by atoms with Crippen molar-refractivity contribution >= 4 is 33.9 Å². The number of nitrogens with one attached hydrogen (secondary N) is 3. The minimum absolute atomic E-state index is 0.00256. The van der Waals surface area contributed by atoms with Gasteiger partial charge < -0.3 is 20.5 Å². The number of halogens is 1. The van der Waals surface area contributed by atoms with Gasteiger partial charge in [-0.3, -0.25) is 14.5 Å². The Morgan fingerprint density at radius 1 is 1.12 bits per heavy atom. The molecule has 3 heterocycles. The molecule has 0 unspecified atom stereocenters. The van der Waals surface area contributed by atoms with Crippen LogP contribution in [0.4, 0.5) is 21.5 Å². The highest BCUT2D eigenvalue weighted by molar-refractivity contribution is 5.93. The standard InChI is InChI=1S/C26H30FN5O2/c1-2-24(33)29-18-6-8-23(21(27)15-18)32-12-10-31(11-13-32)16-17-5-7-19-22(14-17)30-26(34)20-4-3-9-28-25(19)20/h5-8,14-15,28H,2-4,9-13,16H2,1H3,(H,29,33)(H,30,34). The van der Waals surface area contributed by atoms with Crippen LogP contribution in [0, 0.1) is 5.82 Å². The Hall–Kier alpha value is -3.39. The quantitative estimate of drug-likeness (QED) is 0.538. The number of aromatic nitrogens is 1. The number of amides is 1. The molecule has 0 spiro atoms. The van der Waals surface area contributed by atoms with Crippen LogP contribution in [0.15, 0.2) is 41.2 Å². The smallest absolute Gasteiger partial charge is 0.253 e. The topological polar surface area (TPSA) is 80.5 Å². The fourth-order valence-corrected chi connectivity index (χ4v) is 4.90. The summed E-state index contributed by atoms with van der Waals surface area (Å²) in [5.41, 5.74) is 4.90. The Kier molecular flexibility index (Phi) is 6.24. The van der Waals surface area contributed by atoms with Gasteiger partial charge in [-0.25, -0.2) is 4.39 Å². The molecule has 1 amide bonds. The van der Waals surface area contributed by atoms with Crippen LogP contribution in [0.25, 0.3) is 10.9 Å². The molecule has 2 aromatic carbocycles. The minimum Gasteiger partial charge on any atom is -0.384 e. The van der Waals surface area contributed by atoms with Crippen molar-refractivity contribution < 1.29 is 9.18 Å². The number of aromatic amines is 1. The van der Waals surface area contributed by atoms with Gasteiger partial charge in [0.15, 0.2) is 0 Å². The average molecular weight is 464 g/mol. The van der Waals surface area contributed by atoms with Gasteiger partial charge in [0.2, 0.25) is 5.91 Å². The zero-order valence-electron chi connectivity index (χ0n) is 19.4. The number of anilines is 3. The van der Waals surface area contributed by atoms with E-state index in [9.17, 15) is 14.0 Å². The molecule has 0 aliphatic carbocycles. The number of rotatable bonds is 5. The molecule has 3 aromatic rings. The molecule has 1 aromatic heterocycles. The number of H-pyrrole nitrogens is 1. The number of hydrogen-bond donors (Lipinski definition) is 3. The number of piperazine rings is 1. The van der Waals surface area contributed by atoms with Crippen molar-refractivity contribution in [3.05, 3.63) is 63.7 Å². The predicted molar refractivity (Wildman–Crippen MR) is 134 cm³/mol. The third-order valence-electron chi connectivity index (χ3n) is 6.75. The maximum Gasteiger partial charge on any atom is 0.253 e. The van der Waals surface area contributed by atoms with E-state index in [4.69, 9.17) is 0 Å². The second kappa shape index (κ2) is 9.46. The number of carbonyl (C=O) groups is 1. The van der Waals surface area contributed by atoms with E-state index >= 15 is 0 Å². The van der Waals surface area contributed by atoms with Crippen LogP contribution in [-0.2, 0) is 17.8 Å². The lowest BCUT2D eigenvalue weighted by Crippen LogP contribution is -2.46. The molecular weight excluding hydrogens is 433 g/mol. The van der Waals surface area contributed by atoms with Gasteiger partial charge in [-0.15, -0.1) is 0 Å². The first-order valence-electron chi connectivity index (χ1n) is 12.0. The zero-order valence-corrected chi connectivity index (χ0v) is 19.4. The van der Waals surface area contributed by atoms with E-state index in [-0.39, 0.29) is 17.3 Å². The van der Waals surface area contributed by atoms with Crippen molar-refractivity contribution in [1.29, 1.82) is 0 Å². The van der Waals surface area contributed by atoms with Crippen LogP contribution < -0.4 is 21.1 Å². The Bertz CT molecular complexity index is 1280. The Balaban J connectivity index is 1.24. The van der Waals surface area contributed by atoms with Gasteiger partial charge >= 0.3 is 0 Å². The molecule has 2 aliphatic rings. The first kappa shape index (κ1) is 22.4. The minimum atomic E-state index is -0.322. The number of carbonyl (C=O) groups excluding carboxylic acids is 1. The van der Waals surface area contributed by atoms with E-state index in [1.54, 1.807) is 19.1 Å². The van der Waals surface area contributed by atoms with E-state index in [0.29, 0.717) is 17.8 Å². The summed E-state index contributed by atoms with van der Waals surface area (Å²) < 4.78 is 14.7. The van der Waals surface area contributed by atoms with E-state index < -0.39 is 0 Å². The third-order valence-corrected chi connectivity index (χ3v) is 6.75. The molecule has 8 heteroatoms. The largest absolute Gasteiger partial charge is 0.384 e. The molecule has 5 rings (SSSR count). The van der Waals surface area contributed by atoms with Crippen molar-refractivity contribution in [3.63, 3.8) is 0 Å². The first-order valence-corrected chi connectivity index (χ1v) is 12.0. The van der Waals surface area contributed by atoms with Gasteiger partial charge in [-0.1, -0.05) is 19.1 Å². The average Bonchev–Trinajstić information content (AvgIpc) is 2.85. The molecule has 0 saturated carbocycles. The lowest BCUT2D eigenvalue weighted by molar-refractivity contribution is -0.115. The molecule has 0 atom stereocenters. The van der Waals surface area contributed by atoms with Crippen molar-refractivity contribution in [2.24, 2.45) is 0 Å². The molecule has 3 N–H and O–H groups in total. The van der Waals surface area contributed by atoms with Gasteiger partial charge in [0.1, 0.15) is 5.82 Å². The van der Waals surface area contributed by atoms with Gasteiger partial charge in [-0.2, -0.15) is 0 Å². The summed E-state index contributed by atoms with van der Waals surface area (Å²) in [6, 6.07) is 11.2. The van der Waals surface area contributed by atoms with Gasteiger partial charge in [0.25, 0.3) is 5.56 Å². The molecule has 178 valence electrons. The van der Waals surface area contributed by atoms with Crippen molar-refractivity contribution in [3.8, 4) is 0 Å². The van der Waals surface area contributed by atoms with Crippen LogP contribution in [0.5, 0.6) is 0 Å². The lowest BCUT2D eigenvalue weighted by Gasteiger charge is -2.36. The summed E-state index contributed by atoms with van der Waals surface area (Å²) in [6.07, 6.45) is 2.16. The van der Waals surface area contributed by atoms with Gasteiger partial charge in [0, 0.05) is 62.3 Å². The summed E-state index contributed by atoms with van der Waals surface area (Å²) in [5.74, 6) is -0.451. The van der Waals surface area contributed by atoms with Crippen molar-refractivity contribution in [1.82, 2.24) is 9.88 Å². The number of hydrogen-bond acceptors (Lipinski definition) is 5. The number of pyridine rings is 1. The highest BCUT2D eigenvalue weighted by Crippen LogP contribution is 2.29. The molecule has 34 heavy (non-hydrogen) atoms. The summed E-state index contributed by atoms with van der Waals surface area (Å²) in [7, 11) is 0. The molecule has 0 bridgehead atoms. The maximum absolute atomic E-state index is 14.7. The Labute approximate surface area is 198 Å². The van der Waals surface area contributed by atoms with Crippen molar-refractivity contribution in [2.75, 3.05) is 48.3 Å². The van der Waals surface area contributed by atoms with E-state index in [1.165, 1.54) is 6.07 Å². The van der Waals surface area contributed by atoms with Gasteiger partial charge in [0.05, 0.1) is 16.9 Å². The highest BCUT2D eigenvalue weighted by Gasteiger charge is 2.21. The monoisotopic (exact) mass is 463 g/mol. The first-order chi connectivity index (χ1) is 16.5. The van der Waals surface area contributed by atoms with Gasteiger partial charge in [-0.05, 0) is 42.7 Å². The summed E-state index contributed by atoms with van der Waals surface area (Å²) in [5, 5.41) is 7.17. The summed E-state index contributed by atoms with van der Waals surface area (Å²) in [6.45, 7) is 6.51. The molecule has 2 aliphatic heterocycles. The molecule has 0 radical (unpaired) electrons. The Morgan fingerprint density at radius 2 is 1.94 bits per heavy atom. The van der Waals surface area contributed by atoms with E-state index in [2.05, 4.69) is 38.7 Å². The molecule has 1 fully saturated rings. The highest BCUT2D eigenvalue weighted by atomic mass is 19.1. The third kappa shape index (κ3) is 4.50. The van der Waals surface area contributed by atoms with E-state index in [0.717, 1.165) is 79.8 Å². The number of benzene rings is 2. The lowest BCUT2D eigenvalue weighted by atomic mass is 10.0. The molecule has 1 saturated heterocycles. The fraction of sp³-hybridized carbons (Fsp3) is 0.385. The second-order valence-corrected chi connectivity index (χ2v) is 9.05. The van der Waals surface area contributed by atoms with Crippen LogP contribution in [0.1, 0.15) is 30.9 Å². The fourth-order valence-electron chi connectivity index (χ4n) is 4.90. The van der Waals surface area contributed by atoms with Crippen LogP contribution in [0.3, 0.4) is 0 Å². The predicted octanol–water partition coefficient (Wildman–Crippen LogP) is 3.70. The van der Waals surface area contributed by atoms with E-state index in [1.807, 2.05) is 4.90 Å². The SMILES string of the molecule is CCC(=O)Nc1ccc(N2CCN(Cc3ccc4c5c(c(=O)[nH]c4c3)CCCN5)CC2)c(F)c1. The van der Waals surface area contributed by atoms with Crippen LogP contribution in [-0.4, -0.2) is 48.5 Å². The zero-order chi connectivity index (χ0) is 23.7. The number of fused-ring (bicyclic) bond motifs is 3. The number of nitrogens with zero attached hydrogens (tertiary/aromatic N) is 2. The normalized spacial score (nSPS) is 16.2. The van der Waals surface area contributed by atoms with Crippen LogP contribution >= 0.6 is 0 Å². The maximum atomic E-state index is 14.7. The molecule has 7 nitrogen and oxygen atoms in total. The van der Waals surface area contributed by atoms with Crippen molar-refractivity contribution in [2.45, 2.75) is 32.7 Å². The van der Waals surface area contributed by atoms with Crippen LogP contribution in [0.2, 0.25) is 0 Å². The summed E-state index contributed by atoms with van der Waals surface area (Å²) >= 11 is 0. The molecular formula is C26H30FN5O2. The Morgan fingerprint density at radius 3 is 2.71 bits per heavy atom. The summed E-state index contributed by atoms with van der Waals surface area (Å²) in [4.78, 5) is 31.5.